The van der Waals surface area contributed by atoms with Gasteiger partial charge in [-0.3, -0.25) is 19.3 Å². The molecule has 0 saturated carbocycles. The van der Waals surface area contributed by atoms with Crippen molar-refractivity contribution in [2.75, 3.05) is 19.6 Å². The molecule has 0 aliphatic carbocycles. The number of hydrogen-bond donors (Lipinski definition) is 2. The van der Waals surface area contributed by atoms with Crippen LogP contribution in [0.25, 0.3) is 0 Å². The van der Waals surface area contributed by atoms with Crippen LogP contribution in [-0.4, -0.2) is 53.3 Å². The van der Waals surface area contributed by atoms with Crippen molar-refractivity contribution in [1.82, 2.24) is 10.2 Å². The molecule has 1 atom stereocenters. The van der Waals surface area contributed by atoms with Gasteiger partial charge in [0, 0.05) is 25.9 Å². The van der Waals surface area contributed by atoms with Gasteiger partial charge in [0.2, 0.25) is 5.91 Å². The quantitative estimate of drug-likeness (QED) is 0.716. The topological polar surface area (TPSA) is 86.7 Å². The molecule has 1 rings (SSSR count). The van der Waals surface area contributed by atoms with Crippen LogP contribution in [0.1, 0.15) is 26.7 Å². The van der Waals surface area contributed by atoms with E-state index < -0.39 is 5.97 Å². The Kier molecular flexibility index (Phi) is 5.27. The zero-order valence-corrected chi connectivity index (χ0v) is 10.8. The van der Waals surface area contributed by atoms with Crippen LogP contribution in [0, 0.1) is 5.92 Å². The van der Waals surface area contributed by atoms with Gasteiger partial charge in [0.15, 0.2) is 0 Å². The number of carboxylic acids is 1. The van der Waals surface area contributed by atoms with E-state index in [2.05, 4.69) is 5.32 Å². The van der Waals surface area contributed by atoms with Crippen LogP contribution in [0.4, 0.5) is 0 Å². The Hall–Kier alpha value is -1.43. The number of amides is 1. The van der Waals surface area contributed by atoms with Crippen LogP contribution >= 0.6 is 0 Å². The molecular weight excluding hydrogens is 236 g/mol. The lowest BCUT2D eigenvalue weighted by atomic mass is 9.98. The molecular formula is C12H20N2O4. The smallest absolute Gasteiger partial charge is 0.322 e. The minimum atomic E-state index is -1.06. The van der Waals surface area contributed by atoms with Crippen LogP contribution in [0.15, 0.2) is 0 Å². The molecule has 0 aromatic heterocycles. The Morgan fingerprint density at radius 2 is 1.89 bits per heavy atom. The molecule has 0 radical (unpaired) electrons. The second-order valence-electron chi connectivity index (χ2n) is 4.88. The van der Waals surface area contributed by atoms with Gasteiger partial charge in [-0.15, -0.1) is 0 Å². The fourth-order valence-corrected chi connectivity index (χ4v) is 2.21. The van der Waals surface area contributed by atoms with Gasteiger partial charge in [-0.25, -0.2) is 0 Å². The van der Waals surface area contributed by atoms with Crippen molar-refractivity contribution >= 4 is 17.7 Å². The zero-order chi connectivity index (χ0) is 13.7. The Labute approximate surface area is 106 Å². The number of hydrogen-bond acceptors (Lipinski definition) is 4. The number of nitrogens with zero attached hydrogens (tertiary/aromatic N) is 1. The number of ketones is 1. The van der Waals surface area contributed by atoms with Crippen LogP contribution in [0.2, 0.25) is 0 Å². The summed E-state index contributed by atoms with van der Waals surface area (Å²) in [7, 11) is 0. The summed E-state index contributed by atoms with van der Waals surface area (Å²) in [5.74, 6) is -1.03. The zero-order valence-electron chi connectivity index (χ0n) is 10.8. The first kappa shape index (κ1) is 14.6. The molecule has 1 saturated heterocycles. The second-order valence-corrected chi connectivity index (χ2v) is 4.88. The first-order chi connectivity index (χ1) is 8.41. The van der Waals surface area contributed by atoms with Crippen molar-refractivity contribution in [3.63, 3.8) is 0 Å². The number of aliphatic carboxylic acids is 1. The van der Waals surface area contributed by atoms with Crippen molar-refractivity contribution in [1.29, 1.82) is 0 Å². The Morgan fingerprint density at radius 3 is 2.33 bits per heavy atom. The lowest BCUT2D eigenvalue weighted by Crippen LogP contribution is -2.53. The largest absolute Gasteiger partial charge is 0.480 e. The average molecular weight is 256 g/mol. The highest BCUT2D eigenvalue weighted by molar-refractivity contribution is 5.86. The summed E-state index contributed by atoms with van der Waals surface area (Å²) in [6.45, 7) is 4.61. The van der Waals surface area contributed by atoms with Crippen molar-refractivity contribution in [3.05, 3.63) is 0 Å². The number of nitrogens with one attached hydrogen (secondary N) is 1. The minimum Gasteiger partial charge on any atom is -0.480 e. The Morgan fingerprint density at radius 1 is 1.33 bits per heavy atom. The predicted molar refractivity (Wildman–Crippen MR) is 65.1 cm³/mol. The van der Waals surface area contributed by atoms with E-state index in [1.165, 1.54) is 0 Å². The van der Waals surface area contributed by atoms with Crippen LogP contribution in [-0.2, 0) is 14.4 Å². The molecule has 2 N–H and O–H groups in total. The van der Waals surface area contributed by atoms with E-state index in [0.29, 0.717) is 25.9 Å². The lowest BCUT2D eigenvalue weighted by Gasteiger charge is -2.35. The highest BCUT2D eigenvalue weighted by Gasteiger charge is 2.31. The summed E-state index contributed by atoms with van der Waals surface area (Å²) in [5, 5.41) is 11.0. The number of rotatable bonds is 5. The fraction of sp³-hybridized carbons (Fsp3) is 0.750. The summed E-state index contributed by atoms with van der Waals surface area (Å²) in [5.41, 5.74) is 0. The highest BCUT2D eigenvalue weighted by Crippen LogP contribution is 2.16. The molecule has 102 valence electrons. The van der Waals surface area contributed by atoms with Crippen molar-refractivity contribution in [3.8, 4) is 0 Å². The third kappa shape index (κ3) is 4.10. The van der Waals surface area contributed by atoms with Gasteiger partial charge >= 0.3 is 5.97 Å². The van der Waals surface area contributed by atoms with E-state index in [0.717, 1.165) is 0 Å². The molecule has 1 aliphatic heterocycles. The summed E-state index contributed by atoms with van der Waals surface area (Å²) in [4.78, 5) is 35.6. The fourth-order valence-electron chi connectivity index (χ4n) is 2.21. The van der Waals surface area contributed by atoms with Crippen LogP contribution in [0.5, 0.6) is 0 Å². The first-order valence-electron chi connectivity index (χ1n) is 6.17. The van der Waals surface area contributed by atoms with Crippen molar-refractivity contribution in [2.24, 2.45) is 5.92 Å². The molecule has 6 heteroatoms. The molecule has 18 heavy (non-hydrogen) atoms. The van der Waals surface area contributed by atoms with E-state index in [1.807, 2.05) is 18.7 Å². The van der Waals surface area contributed by atoms with Gasteiger partial charge < -0.3 is 10.4 Å². The number of piperidine rings is 1. The van der Waals surface area contributed by atoms with E-state index in [9.17, 15) is 14.4 Å². The molecule has 0 aromatic carbocycles. The lowest BCUT2D eigenvalue weighted by molar-refractivity contribution is -0.139. The third-order valence-corrected chi connectivity index (χ3v) is 3.06. The Bertz CT molecular complexity index is 331. The van der Waals surface area contributed by atoms with E-state index >= 15 is 0 Å². The maximum atomic E-state index is 12.0. The van der Waals surface area contributed by atoms with Gasteiger partial charge in [-0.05, 0) is 5.92 Å². The molecule has 0 bridgehead atoms. The van der Waals surface area contributed by atoms with Crippen molar-refractivity contribution in [2.45, 2.75) is 32.7 Å². The SMILES string of the molecule is CC(C)C(C(=O)NCC(=O)O)N1CCC(=O)CC1. The van der Waals surface area contributed by atoms with Gasteiger partial charge in [0.05, 0.1) is 6.04 Å². The molecule has 0 aromatic rings. The maximum Gasteiger partial charge on any atom is 0.322 e. The molecule has 1 aliphatic rings. The average Bonchev–Trinajstić information content (AvgIpc) is 2.29. The molecule has 1 amide bonds. The Balaban J connectivity index is 2.61. The van der Waals surface area contributed by atoms with Gasteiger partial charge in [0.1, 0.15) is 12.3 Å². The monoisotopic (exact) mass is 256 g/mol. The van der Waals surface area contributed by atoms with Gasteiger partial charge in [-0.1, -0.05) is 13.8 Å². The highest BCUT2D eigenvalue weighted by atomic mass is 16.4. The number of carbonyl (C=O) groups is 3. The number of likely N-dealkylation sites (tertiary alicyclic amines) is 1. The second kappa shape index (κ2) is 6.49. The normalized spacial score (nSPS) is 18.7. The van der Waals surface area contributed by atoms with Crippen LogP contribution in [0.3, 0.4) is 0 Å². The molecule has 0 spiro atoms. The predicted octanol–water partition coefficient (Wildman–Crippen LogP) is -0.123. The minimum absolute atomic E-state index is 0.0759. The standard InChI is InChI=1S/C12H20N2O4/c1-8(2)11(12(18)13-7-10(16)17)14-5-3-9(15)4-6-14/h8,11H,3-7H2,1-2H3,(H,13,18)(H,16,17). The number of Topliss-reactive ketones (excluding diaryl/α,β-unsaturated/α-hetero) is 1. The van der Waals surface area contributed by atoms with Crippen molar-refractivity contribution < 1.29 is 19.5 Å². The van der Waals surface area contributed by atoms with E-state index in [4.69, 9.17) is 5.11 Å². The van der Waals surface area contributed by atoms with E-state index in [-0.39, 0.29) is 30.2 Å². The number of carbonyl (C=O) groups excluding carboxylic acids is 2. The summed E-state index contributed by atoms with van der Waals surface area (Å²) in [6.07, 6.45) is 0.935. The van der Waals surface area contributed by atoms with Gasteiger partial charge in [0.25, 0.3) is 0 Å². The summed E-state index contributed by atoms with van der Waals surface area (Å²) >= 11 is 0. The molecule has 1 heterocycles. The number of carboxylic acid groups (broad SMARTS) is 1. The maximum absolute atomic E-state index is 12.0. The van der Waals surface area contributed by atoms with E-state index in [1.54, 1.807) is 0 Å². The summed E-state index contributed by atoms with van der Waals surface area (Å²) in [6, 6.07) is -0.363. The van der Waals surface area contributed by atoms with Gasteiger partial charge in [-0.2, -0.15) is 0 Å². The first-order valence-corrected chi connectivity index (χ1v) is 6.17. The third-order valence-electron chi connectivity index (χ3n) is 3.06. The summed E-state index contributed by atoms with van der Waals surface area (Å²) < 4.78 is 0. The molecule has 1 fully saturated rings. The van der Waals surface area contributed by atoms with Crippen LogP contribution < -0.4 is 5.32 Å². The molecule has 6 nitrogen and oxygen atoms in total. The molecule has 1 unspecified atom stereocenters.